The van der Waals surface area contributed by atoms with Crippen molar-refractivity contribution in [1.29, 1.82) is 0 Å². The lowest BCUT2D eigenvalue weighted by Gasteiger charge is -2.23. The first-order chi connectivity index (χ1) is 7.63. The fourth-order valence-corrected chi connectivity index (χ4v) is 1.73. The number of nitrogens with one attached hydrogen (secondary N) is 1. The molecule has 0 amide bonds. The Labute approximate surface area is 98.0 Å². The van der Waals surface area contributed by atoms with Gasteiger partial charge in [0.15, 0.2) is 0 Å². The van der Waals surface area contributed by atoms with E-state index < -0.39 is 0 Å². The standard InChI is InChI=1S/C11H24N4O/c1-9(2)7-13-11(14-12)15(3)8-10-5-4-6-16-10/h9-10H,4-8,12H2,1-3H3,(H,13,14). The van der Waals surface area contributed by atoms with Crippen LogP contribution in [0.25, 0.3) is 0 Å². The number of hydrogen-bond acceptors (Lipinski definition) is 3. The predicted octanol–water partition coefficient (Wildman–Crippen LogP) is 0.573. The van der Waals surface area contributed by atoms with Crippen LogP contribution in [-0.2, 0) is 4.74 Å². The molecule has 16 heavy (non-hydrogen) atoms. The lowest BCUT2D eigenvalue weighted by molar-refractivity contribution is 0.0951. The number of ether oxygens (including phenoxy) is 1. The minimum atomic E-state index is 0.322. The molecule has 0 radical (unpaired) electrons. The van der Waals surface area contributed by atoms with Gasteiger partial charge in [-0.3, -0.25) is 10.4 Å². The molecular weight excluding hydrogens is 204 g/mol. The molecule has 5 heteroatoms. The van der Waals surface area contributed by atoms with Gasteiger partial charge < -0.3 is 9.64 Å². The summed E-state index contributed by atoms with van der Waals surface area (Å²) in [4.78, 5) is 6.46. The van der Waals surface area contributed by atoms with Crippen molar-refractivity contribution < 1.29 is 4.74 Å². The maximum atomic E-state index is 5.58. The van der Waals surface area contributed by atoms with Crippen molar-refractivity contribution >= 4 is 5.96 Å². The number of rotatable bonds is 4. The molecule has 0 spiro atoms. The second-order valence-corrected chi connectivity index (χ2v) is 4.72. The summed E-state index contributed by atoms with van der Waals surface area (Å²) in [6.07, 6.45) is 2.61. The minimum absolute atomic E-state index is 0.322. The van der Waals surface area contributed by atoms with Crippen LogP contribution in [0.2, 0.25) is 0 Å². The molecule has 1 unspecified atom stereocenters. The Kier molecular flexibility index (Phi) is 5.55. The monoisotopic (exact) mass is 228 g/mol. The van der Waals surface area contributed by atoms with Crippen molar-refractivity contribution in [3.63, 3.8) is 0 Å². The molecule has 1 heterocycles. The average Bonchev–Trinajstić information content (AvgIpc) is 2.71. The Morgan fingerprint density at radius 3 is 2.88 bits per heavy atom. The van der Waals surface area contributed by atoms with Crippen LogP contribution in [0, 0.1) is 5.92 Å². The molecule has 0 saturated carbocycles. The molecule has 94 valence electrons. The minimum Gasteiger partial charge on any atom is -0.376 e. The summed E-state index contributed by atoms with van der Waals surface area (Å²) in [6, 6.07) is 0. The Morgan fingerprint density at radius 2 is 2.38 bits per heavy atom. The highest BCUT2D eigenvalue weighted by molar-refractivity contribution is 5.79. The first kappa shape index (κ1) is 13.3. The SMILES string of the molecule is CC(C)CN=C(NN)N(C)CC1CCCO1. The Morgan fingerprint density at radius 1 is 1.62 bits per heavy atom. The molecule has 1 atom stereocenters. The molecule has 1 fully saturated rings. The highest BCUT2D eigenvalue weighted by Gasteiger charge is 2.18. The van der Waals surface area contributed by atoms with Gasteiger partial charge in [-0.1, -0.05) is 13.8 Å². The van der Waals surface area contributed by atoms with Crippen LogP contribution in [0.3, 0.4) is 0 Å². The summed E-state index contributed by atoms with van der Waals surface area (Å²) in [5.74, 6) is 6.75. The van der Waals surface area contributed by atoms with Crippen molar-refractivity contribution in [3.8, 4) is 0 Å². The fraction of sp³-hybridized carbons (Fsp3) is 0.909. The van der Waals surface area contributed by atoms with Gasteiger partial charge in [0.25, 0.3) is 0 Å². The van der Waals surface area contributed by atoms with Gasteiger partial charge in [-0.15, -0.1) is 0 Å². The van der Waals surface area contributed by atoms with E-state index in [-0.39, 0.29) is 0 Å². The molecule has 0 aromatic carbocycles. The topological polar surface area (TPSA) is 62.9 Å². The predicted molar refractivity (Wildman–Crippen MR) is 66.1 cm³/mol. The second-order valence-electron chi connectivity index (χ2n) is 4.72. The lowest BCUT2D eigenvalue weighted by Crippen LogP contribution is -2.45. The van der Waals surface area contributed by atoms with Crippen LogP contribution in [0.1, 0.15) is 26.7 Å². The van der Waals surface area contributed by atoms with E-state index in [9.17, 15) is 0 Å². The van der Waals surface area contributed by atoms with Crippen LogP contribution in [0.15, 0.2) is 4.99 Å². The molecule has 0 bridgehead atoms. The Bertz CT molecular complexity index is 224. The average molecular weight is 228 g/mol. The zero-order valence-electron chi connectivity index (χ0n) is 10.6. The van der Waals surface area contributed by atoms with E-state index in [2.05, 4.69) is 24.3 Å². The molecule has 3 N–H and O–H groups in total. The number of guanidine groups is 1. The summed E-state index contributed by atoms with van der Waals surface area (Å²) in [6.45, 7) is 6.79. The van der Waals surface area contributed by atoms with Gasteiger partial charge in [-0.25, -0.2) is 5.84 Å². The fourth-order valence-electron chi connectivity index (χ4n) is 1.73. The molecule has 0 aromatic rings. The summed E-state index contributed by atoms with van der Waals surface area (Å²) in [5.41, 5.74) is 2.65. The maximum Gasteiger partial charge on any atom is 0.208 e. The van der Waals surface area contributed by atoms with Crippen molar-refractivity contribution in [3.05, 3.63) is 0 Å². The zero-order chi connectivity index (χ0) is 12.0. The molecular formula is C11H24N4O. The number of aliphatic imine (C=N–C) groups is 1. The third-order valence-corrected chi connectivity index (χ3v) is 2.60. The normalized spacial score (nSPS) is 21.6. The number of hydrazine groups is 1. The molecule has 1 saturated heterocycles. The molecule has 0 aliphatic carbocycles. The maximum absolute atomic E-state index is 5.58. The van der Waals surface area contributed by atoms with Crippen molar-refractivity contribution in [2.75, 3.05) is 26.7 Å². The smallest absolute Gasteiger partial charge is 0.208 e. The van der Waals surface area contributed by atoms with Crippen LogP contribution in [-0.4, -0.2) is 43.7 Å². The van der Waals surface area contributed by atoms with Gasteiger partial charge in [-0.2, -0.15) is 0 Å². The van der Waals surface area contributed by atoms with Crippen LogP contribution in [0.5, 0.6) is 0 Å². The van der Waals surface area contributed by atoms with E-state index in [0.717, 1.165) is 38.5 Å². The van der Waals surface area contributed by atoms with Crippen LogP contribution in [0.4, 0.5) is 0 Å². The van der Waals surface area contributed by atoms with Gasteiger partial charge in [0.2, 0.25) is 5.96 Å². The first-order valence-electron chi connectivity index (χ1n) is 5.97. The molecule has 0 aromatic heterocycles. The number of nitrogens with zero attached hydrogens (tertiary/aromatic N) is 2. The first-order valence-corrected chi connectivity index (χ1v) is 5.97. The second kappa shape index (κ2) is 6.70. The molecule has 1 rings (SSSR count). The highest BCUT2D eigenvalue weighted by atomic mass is 16.5. The van der Waals surface area contributed by atoms with Gasteiger partial charge in [0.1, 0.15) is 0 Å². The number of nitrogens with two attached hydrogens (primary N) is 1. The lowest BCUT2D eigenvalue weighted by atomic mass is 10.2. The van der Waals surface area contributed by atoms with E-state index in [1.807, 2.05) is 11.9 Å². The quantitative estimate of drug-likeness (QED) is 0.320. The molecule has 1 aliphatic rings. The summed E-state index contributed by atoms with van der Waals surface area (Å²) < 4.78 is 5.58. The van der Waals surface area contributed by atoms with Gasteiger partial charge in [-0.05, 0) is 18.8 Å². The van der Waals surface area contributed by atoms with Crippen LogP contribution >= 0.6 is 0 Å². The van der Waals surface area contributed by atoms with Gasteiger partial charge in [0.05, 0.1) is 6.10 Å². The van der Waals surface area contributed by atoms with E-state index in [1.165, 1.54) is 0 Å². The highest BCUT2D eigenvalue weighted by Crippen LogP contribution is 2.12. The summed E-state index contributed by atoms with van der Waals surface area (Å²) in [7, 11) is 1.99. The van der Waals surface area contributed by atoms with Crippen LogP contribution < -0.4 is 11.3 Å². The van der Waals surface area contributed by atoms with Crippen molar-refractivity contribution in [2.24, 2.45) is 16.8 Å². The summed E-state index contributed by atoms with van der Waals surface area (Å²) in [5, 5.41) is 0. The zero-order valence-corrected chi connectivity index (χ0v) is 10.6. The van der Waals surface area contributed by atoms with E-state index in [4.69, 9.17) is 10.6 Å². The van der Waals surface area contributed by atoms with E-state index in [1.54, 1.807) is 0 Å². The number of likely N-dealkylation sites (N-methyl/N-ethyl adjacent to an activating group) is 1. The van der Waals surface area contributed by atoms with Crippen molar-refractivity contribution in [1.82, 2.24) is 10.3 Å². The Balaban J connectivity index is 2.41. The third-order valence-electron chi connectivity index (χ3n) is 2.60. The van der Waals surface area contributed by atoms with Gasteiger partial charge in [0, 0.05) is 26.7 Å². The Hall–Kier alpha value is -0.810. The van der Waals surface area contributed by atoms with E-state index >= 15 is 0 Å². The number of hydrogen-bond donors (Lipinski definition) is 2. The largest absolute Gasteiger partial charge is 0.376 e. The molecule has 5 nitrogen and oxygen atoms in total. The van der Waals surface area contributed by atoms with E-state index in [0.29, 0.717) is 12.0 Å². The molecule has 1 aliphatic heterocycles. The summed E-state index contributed by atoms with van der Waals surface area (Å²) >= 11 is 0. The van der Waals surface area contributed by atoms with Crippen molar-refractivity contribution in [2.45, 2.75) is 32.8 Å². The van der Waals surface area contributed by atoms with Gasteiger partial charge >= 0.3 is 0 Å². The third kappa shape index (κ3) is 4.37.